The maximum Gasteiger partial charge on any atom is 0.257 e. The highest BCUT2D eigenvalue weighted by Crippen LogP contribution is 2.31. The van der Waals surface area contributed by atoms with Crippen molar-refractivity contribution in [3.05, 3.63) is 53.7 Å². The van der Waals surface area contributed by atoms with Crippen LogP contribution in [-0.2, 0) is 11.2 Å². The summed E-state index contributed by atoms with van der Waals surface area (Å²) >= 11 is 0. The second kappa shape index (κ2) is 5.93. The van der Waals surface area contributed by atoms with Gasteiger partial charge in [-0.05, 0) is 25.0 Å². The smallest absolute Gasteiger partial charge is 0.257 e. The van der Waals surface area contributed by atoms with Crippen LogP contribution in [0.25, 0.3) is 10.9 Å². The zero-order valence-corrected chi connectivity index (χ0v) is 13.2. The van der Waals surface area contributed by atoms with E-state index in [4.69, 9.17) is 0 Å². The number of aromatic amines is 2. The fourth-order valence-corrected chi connectivity index (χ4v) is 3.21. The predicted molar refractivity (Wildman–Crippen MR) is 91.7 cm³/mol. The molecule has 3 heterocycles. The molecule has 7 nitrogen and oxygen atoms in total. The molecule has 7 heteroatoms. The lowest BCUT2D eigenvalue weighted by atomic mass is 9.94. The summed E-state index contributed by atoms with van der Waals surface area (Å²) in [5.74, 6) is 0.444. The number of carbonyl (C=O) groups excluding carboxylic acids is 1. The van der Waals surface area contributed by atoms with Crippen molar-refractivity contribution in [3.63, 3.8) is 0 Å². The van der Waals surface area contributed by atoms with Crippen LogP contribution in [0.2, 0.25) is 0 Å². The van der Waals surface area contributed by atoms with Crippen LogP contribution < -0.4 is 10.7 Å². The van der Waals surface area contributed by atoms with Gasteiger partial charge in [-0.2, -0.15) is 5.10 Å². The van der Waals surface area contributed by atoms with E-state index in [9.17, 15) is 4.79 Å². The molecule has 2 aromatic heterocycles. The van der Waals surface area contributed by atoms with Crippen molar-refractivity contribution in [2.75, 3.05) is 0 Å². The Morgan fingerprint density at radius 2 is 2.29 bits per heavy atom. The number of hydrogen-bond donors (Lipinski definition) is 4. The third kappa shape index (κ3) is 2.59. The number of benzene rings is 1. The molecule has 4 rings (SSSR count). The van der Waals surface area contributed by atoms with E-state index in [1.807, 2.05) is 12.1 Å². The highest BCUT2D eigenvalue weighted by atomic mass is 16.2. The molecule has 3 aromatic rings. The summed E-state index contributed by atoms with van der Waals surface area (Å²) in [6.45, 7) is 2.06. The summed E-state index contributed by atoms with van der Waals surface area (Å²) in [4.78, 5) is 22.8. The number of nitrogens with one attached hydrogen (secondary N) is 4. The highest BCUT2D eigenvalue weighted by molar-refractivity contribution is 5.88. The van der Waals surface area contributed by atoms with Gasteiger partial charge in [0.2, 0.25) is 0 Å². The first-order valence-corrected chi connectivity index (χ1v) is 7.90. The number of para-hydroxylation sites is 1. The average molecular weight is 322 g/mol. The maximum absolute atomic E-state index is 12.4. The number of carbonyl (C=O) groups is 1. The molecule has 0 saturated carbocycles. The Balaban J connectivity index is 1.52. The molecule has 0 aliphatic carbocycles. The van der Waals surface area contributed by atoms with Crippen LogP contribution in [0.5, 0.6) is 0 Å². The minimum absolute atomic E-state index is 0.0750. The fraction of sp³-hybridized carbons (Fsp3) is 0.235. The van der Waals surface area contributed by atoms with Crippen LogP contribution in [0.3, 0.4) is 0 Å². The van der Waals surface area contributed by atoms with Crippen molar-refractivity contribution in [1.29, 1.82) is 0 Å². The second-order valence-electron chi connectivity index (χ2n) is 5.92. The van der Waals surface area contributed by atoms with Crippen molar-refractivity contribution in [1.82, 2.24) is 25.7 Å². The summed E-state index contributed by atoms with van der Waals surface area (Å²) in [5, 5.41) is 8.47. The van der Waals surface area contributed by atoms with E-state index in [0.717, 1.165) is 11.2 Å². The van der Waals surface area contributed by atoms with Crippen LogP contribution in [-0.4, -0.2) is 33.1 Å². The SMILES string of the molecule is CC1NC(C(=O)N/N=C/c2ncc[nH]2)Cc2c1[nH]c1ccccc21. The van der Waals surface area contributed by atoms with Crippen molar-refractivity contribution in [2.45, 2.75) is 25.4 Å². The van der Waals surface area contributed by atoms with Gasteiger partial charge in [0.05, 0.1) is 12.3 Å². The van der Waals surface area contributed by atoms with Crippen LogP contribution in [0, 0.1) is 0 Å². The van der Waals surface area contributed by atoms with Gasteiger partial charge in [0.1, 0.15) is 5.82 Å². The largest absolute Gasteiger partial charge is 0.357 e. The van der Waals surface area contributed by atoms with E-state index in [-0.39, 0.29) is 18.0 Å². The molecule has 122 valence electrons. The molecule has 1 amide bonds. The van der Waals surface area contributed by atoms with Gasteiger partial charge < -0.3 is 9.97 Å². The van der Waals surface area contributed by atoms with Gasteiger partial charge in [0.15, 0.2) is 0 Å². The maximum atomic E-state index is 12.4. The fourth-order valence-electron chi connectivity index (χ4n) is 3.21. The molecule has 24 heavy (non-hydrogen) atoms. The van der Waals surface area contributed by atoms with Gasteiger partial charge in [-0.15, -0.1) is 0 Å². The first kappa shape index (κ1) is 14.6. The Bertz CT molecular complexity index is 895. The van der Waals surface area contributed by atoms with Crippen LogP contribution in [0.4, 0.5) is 0 Å². The Hall–Kier alpha value is -2.93. The van der Waals surface area contributed by atoms with Crippen molar-refractivity contribution in [3.8, 4) is 0 Å². The average Bonchev–Trinajstić information content (AvgIpc) is 3.22. The van der Waals surface area contributed by atoms with E-state index >= 15 is 0 Å². The molecule has 0 spiro atoms. The monoisotopic (exact) mass is 322 g/mol. The Kier molecular flexibility index (Phi) is 3.62. The molecule has 0 radical (unpaired) electrons. The Morgan fingerprint density at radius 1 is 1.42 bits per heavy atom. The van der Waals surface area contributed by atoms with Gasteiger partial charge in [-0.25, -0.2) is 10.4 Å². The number of hydrogen-bond acceptors (Lipinski definition) is 4. The minimum Gasteiger partial charge on any atom is -0.357 e. The quantitative estimate of drug-likeness (QED) is 0.435. The zero-order chi connectivity index (χ0) is 16.5. The number of hydrazone groups is 1. The van der Waals surface area contributed by atoms with E-state index in [1.54, 1.807) is 12.4 Å². The third-order valence-corrected chi connectivity index (χ3v) is 4.34. The van der Waals surface area contributed by atoms with Gasteiger partial charge in [-0.3, -0.25) is 10.1 Å². The van der Waals surface area contributed by atoms with Gasteiger partial charge in [0, 0.05) is 35.0 Å². The molecule has 0 saturated heterocycles. The first-order valence-electron chi connectivity index (χ1n) is 7.90. The van der Waals surface area contributed by atoms with Gasteiger partial charge in [0.25, 0.3) is 5.91 Å². The molecule has 1 aromatic carbocycles. The third-order valence-electron chi connectivity index (χ3n) is 4.34. The van der Waals surface area contributed by atoms with Gasteiger partial charge in [-0.1, -0.05) is 18.2 Å². The Labute approximate surface area is 138 Å². The normalized spacial score (nSPS) is 20.4. The molecule has 1 aliphatic rings. The van der Waals surface area contributed by atoms with Crippen molar-refractivity contribution < 1.29 is 4.79 Å². The number of rotatable bonds is 3. The molecule has 2 atom stereocenters. The van der Waals surface area contributed by atoms with Crippen LogP contribution in [0.15, 0.2) is 41.8 Å². The number of imidazole rings is 1. The summed E-state index contributed by atoms with van der Waals surface area (Å²) < 4.78 is 0. The summed E-state index contributed by atoms with van der Waals surface area (Å²) in [6.07, 6.45) is 5.45. The number of H-pyrrole nitrogens is 2. The number of fused-ring (bicyclic) bond motifs is 3. The second-order valence-corrected chi connectivity index (χ2v) is 5.92. The summed E-state index contributed by atoms with van der Waals surface area (Å²) in [6, 6.07) is 7.93. The predicted octanol–water partition coefficient (Wildman–Crippen LogP) is 1.62. The molecule has 4 N–H and O–H groups in total. The lowest BCUT2D eigenvalue weighted by molar-refractivity contribution is -0.123. The topological polar surface area (TPSA) is 98.0 Å². The standard InChI is InChI=1S/C17H18N6O/c1-10-16-12(11-4-2-3-5-13(11)22-16)8-14(21-10)17(24)23-20-9-15-18-6-7-19-15/h2-7,9-10,14,21-22H,8H2,1H3,(H,18,19)(H,23,24)/b20-9+. The molecule has 0 fully saturated rings. The molecule has 1 aliphatic heterocycles. The van der Waals surface area contributed by atoms with Crippen LogP contribution >= 0.6 is 0 Å². The van der Waals surface area contributed by atoms with Crippen molar-refractivity contribution in [2.24, 2.45) is 5.10 Å². The highest BCUT2D eigenvalue weighted by Gasteiger charge is 2.30. The number of nitrogens with zero attached hydrogens (tertiary/aromatic N) is 2. The minimum atomic E-state index is -0.319. The van der Waals surface area contributed by atoms with Crippen molar-refractivity contribution >= 4 is 23.0 Å². The van der Waals surface area contributed by atoms with Gasteiger partial charge >= 0.3 is 0 Å². The molecule has 0 bridgehead atoms. The summed E-state index contributed by atoms with van der Waals surface area (Å²) in [5.41, 5.74) is 6.04. The zero-order valence-electron chi connectivity index (χ0n) is 13.2. The number of amides is 1. The Morgan fingerprint density at radius 3 is 3.12 bits per heavy atom. The van der Waals surface area contributed by atoms with E-state index in [1.165, 1.54) is 17.2 Å². The molecular weight excluding hydrogens is 304 g/mol. The lowest BCUT2D eigenvalue weighted by Crippen LogP contribution is -2.47. The number of aromatic nitrogens is 3. The lowest BCUT2D eigenvalue weighted by Gasteiger charge is -2.27. The molecule has 2 unspecified atom stereocenters. The molecular formula is C17H18N6O. The summed E-state index contributed by atoms with van der Waals surface area (Å²) in [7, 11) is 0. The van der Waals surface area contributed by atoms with E-state index in [0.29, 0.717) is 12.2 Å². The van der Waals surface area contributed by atoms with E-state index in [2.05, 4.69) is 49.9 Å². The first-order chi connectivity index (χ1) is 11.7. The van der Waals surface area contributed by atoms with E-state index < -0.39 is 0 Å². The van der Waals surface area contributed by atoms with Crippen LogP contribution in [0.1, 0.15) is 30.0 Å².